The minimum absolute atomic E-state index is 0.0880. The molecule has 0 aliphatic rings. The second kappa shape index (κ2) is 6.72. The SMILES string of the molecule is O=C(O)/C=C/c1cccc(N=Cc2cc(Cl)ccc2O)c1. The summed E-state index contributed by atoms with van der Waals surface area (Å²) in [6.45, 7) is 0. The maximum Gasteiger partial charge on any atom is 0.328 e. The van der Waals surface area contributed by atoms with Crippen LogP contribution in [0.4, 0.5) is 5.69 Å². The van der Waals surface area contributed by atoms with Crippen molar-refractivity contribution >= 4 is 35.5 Å². The molecular weight excluding hydrogens is 290 g/mol. The van der Waals surface area contributed by atoms with Gasteiger partial charge in [0.25, 0.3) is 0 Å². The predicted molar refractivity (Wildman–Crippen MR) is 83.5 cm³/mol. The van der Waals surface area contributed by atoms with Crippen molar-refractivity contribution in [3.05, 3.63) is 64.7 Å². The number of benzene rings is 2. The molecule has 0 amide bonds. The third-order valence-corrected chi connectivity index (χ3v) is 2.87. The first-order valence-corrected chi connectivity index (χ1v) is 6.46. The lowest BCUT2D eigenvalue weighted by Gasteiger charge is -2.00. The van der Waals surface area contributed by atoms with Crippen LogP contribution in [0.2, 0.25) is 5.02 Å². The fourth-order valence-electron chi connectivity index (χ4n) is 1.65. The number of hydrogen-bond acceptors (Lipinski definition) is 3. The van der Waals surface area contributed by atoms with E-state index in [2.05, 4.69) is 4.99 Å². The van der Waals surface area contributed by atoms with Gasteiger partial charge in [-0.05, 0) is 42.0 Å². The first-order chi connectivity index (χ1) is 10.0. The van der Waals surface area contributed by atoms with Crippen molar-refractivity contribution in [3.8, 4) is 5.75 Å². The largest absolute Gasteiger partial charge is 0.507 e. The lowest BCUT2D eigenvalue weighted by atomic mass is 10.2. The van der Waals surface area contributed by atoms with E-state index in [1.807, 2.05) is 0 Å². The normalized spacial score (nSPS) is 11.3. The van der Waals surface area contributed by atoms with Crippen LogP contribution in [0, 0.1) is 0 Å². The number of phenols is 1. The molecule has 0 fully saturated rings. The van der Waals surface area contributed by atoms with Crippen LogP contribution in [0.5, 0.6) is 5.75 Å². The molecule has 0 unspecified atom stereocenters. The second-order valence-corrected chi connectivity index (χ2v) is 4.66. The van der Waals surface area contributed by atoms with E-state index < -0.39 is 5.97 Å². The van der Waals surface area contributed by atoms with Gasteiger partial charge in [0, 0.05) is 22.9 Å². The van der Waals surface area contributed by atoms with E-state index in [1.165, 1.54) is 18.4 Å². The second-order valence-electron chi connectivity index (χ2n) is 4.23. The lowest BCUT2D eigenvalue weighted by Crippen LogP contribution is -1.85. The molecule has 0 saturated heterocycles. The number of phenolic OH excluding ortho intramolecular Hbond substituents is 1. The number of carboxylic acid groups (broad SMARTS) is 1. The molecule has 2 N–H and O–H groups in total. The highest BCUT2D eigenvalue weighted by Gasteiger charge is 1.99. The van der Waals surface area contributed by atoms with Crippen molar-refractivity contribution in [1.29, 1.82) is 0 Å². The van der Waals surface area contributed by atoms with Crippen LogP contribution >= 0.6 is 11.6 Å². The smallest absolute Gasteiger partial charge is 0.328 e. The van der Waals surface area contributed by atoms with Gasteiger partial charge in [-0.25, -0.2) is 4.79 Å². The van der Waals surface area contributed by atoms with Gasteiger partial charge in [0.15, 0.2) is 0 Å². The molecule has 106 valence electrons. The number of halogens is 1. The van der Waals surface area contributed by atoms with Crippen molar-refractivity contribution in [2.24, 2.45) is 4.99 Å². The molecule has 0 atom stereocenters. The van der Waals surface area contributed by atoms with Gasteiger partial charge in [-0.15, -0.1) is 0 Å². The Bertz CT molecular complexity index is 723. The first-order valence-electron chi connectivity index (χ1n) is 6.08. The monoisotopic (exact) mass is 301 g/mol. The van der Waals surface area contributed by atoms with E-state index in [0.29, 0.717) is 16.3 Å². The molecule has 21 heavy (non-hydrogen) atoms. The number of rotatable bonds is 4. The lowest BCUT2D eigenvalue weighted by molar-refractivity contribution is -0.131. The van der Waals surface area contributed by atoms with Crippen LogP contribution < -0.4 is 0 Å². The zero-order valence-electron chi connectivity index (χ0n) is 10.9. The maximum atomic E-state index is 10.5. The Kier molecular flexibility index (Phi) is 4.74. The Morgan fingerprint density at radius 3 is 2.76 bits per heavy atom. The summed E-state index contributed by atoms with van der Waals surface area (Å²) >= 11 is 5.86. The molecule has 0 bridgehead atoms. The van der Waals surface area contributed by atoms with Crippen LogP contribution in [0.15, 0.2) is 53.5 Å². The summed E-state index contributed by atoms with van der Waals surface area (Å²) in [5.41, 5.74) is 1.87. The minimum Gasteiger partial charge on any atom is -0.507 e. The topological polar surface area (TPSA) is 69.9 Å². The third-order valence-electron chi connectivity index (χ3n) is 2.63. The van der Waals surface area contributed by atoms with Gasteiger partial charge in [-0.2, -0.15) is 0 Å². The van der Waals surface area contributed by atoms with E-state index in [0.717, 1.165) is 11.6 Å². The van der Waals surface area contributed by atoms with Gasteiger partial charge < -0.3 is 10.2 Å². The quantitative estimate of drug-likeness (QED) is 0.665. The third kappa shape index (κ3) is 4.47. The summed E-state index contributed by atoms with van der Waals surface area (Å²) in [5, 5.41) is 18.8. The summed E-state index contributed by atoms with van der Waals surface area (Å²) in [6.07, 6.45) is 4.05. The molecule has 0 saturated carbocycles. The molecular formula is C16H12ClNO3. The van der Waals surface area contributed by atoms with Gasteiger partial charge in [0.2, 0.25) is 0 Å². The number of carboxylic acids is 1. The van der Waals surface area contributed by atoms with Crippen LogP contribution in [-0.2, 0) is 4.79 Å². The molecule has 0 heterocycles. The van der Waals surface area contributed by atoms with Crippen LogP contribution in [-0.4, -0.2) is 22.4 Å². The molecule has 0 aliphatic heterocycles. The van der Waals surface area contributed by atoms with Crippen molar-refractivity contribution in [1.82, 2.24) is 0 Å². The van der Waals surface area contributed by atoms with E-state index in [-0.39, 0.29) is 5.75 Å². The van der Waals surface area contributed by atoms with Gasteiger partial charge in [-0.1, -0.05) is 23.7 Å². The predicted octanol–water partition coefficient (Wildman–Crippen LogP) is 3.89. The molecule has 4 nitrogen and oxygen atoms in total. The highest BCUT2D eigenvalue weighted by molar-refractivity contribution is 6.30. The fraction of sp³-hybridized carbons (Fsp3) is 0. The Balaban J connectivity index is 2.23. The van der Waals surface area contributed by atoms with E-state index in [4.69, 9.17) is 16.7 Å². The Morgan fingerprint density at radius 1 is 1.19 bits per heavy atom. The molecule has 2 rings (SSSR count). The maximum absolute atomic E-state index is 10.5. The molecule has 2 aromatic rings. The van der Waals surface area contributed by atoms with E-state index in [1.54, 1.807) is 36.4 Å². The number of nitrogens with zero attached hydrogens (tertiary/aromatic N) is 1. The summed E-state index contributed by atoms with van der Waals surface area (Å²) in [4.78, 5) is 14.7. The average molecular weight is 302 g/mol. The molecule has 0 radical (unpaired) electrons. The molecule has 2 aromatic carbocycles. The van der Waals surface area contributed by atoms with Gasteiger partial charge in [0.05, 0.1) is 5.69 Å². The van der Waals surface area contributed by atoms with Crippen molar-refractivity contribution < 1.29 is 15.0 Å². The van der Waals surface area contributed by atoms with Gasteiger partial charge >= 0.3 is 5.97 Å². The fourth-order valence-corrected chi connectivity index (χ4v) is 1.83. The van der Waals surface area contributed by atoms with Crippen LogP contribution in [0.1, 0.15) is 11.1 Å². The van der Waals surface area contributed by atoms with E-state index in [9.17, 15) is 9.90 Å². The molecule has 0 spiro atoms. The molecule has 0 aromatic heterocycles. The average Bonchev–Trinajstić information content (AvgIpc) is 2.46. The highest BCUT2D eigenvalue weighted by Crippen LogP contribution is 2.21. The standard InChI is InChI=1S/C16H12ClNO3/c17-13-5-6-15(19)12(9-13)10-18-14-3-1-2-11(8-14)4-7-16(20)21/h1-10,19H,(H,20,21)/b7-4+,18-10?. The van der Waals surface area contributed by atoms with E-state index >= 15 is 0 Å². The van der Waals surface area contributed by atoms with Crippen molar-refractivity contribution in [2.45, 2.75) is 0 Å². The van der Waals surface area contributed by atoms with Crippen molar-refractivity contribution in [3.63, 3.8) is 0 Å². The summed E-state index contributed by atoms with van der Waals surface area (Å²) in [6, 6.07) is 11.7. The number of aliphatic carboxylic acids is 1. The zero-order chi connectivity index (χ0) is 15.2. The Morgan fingerprint density at radius 2 is 2.00 bits per heavy atom. The van der Waals surface area contributed by atoms with Crippen LogP contribution in [0.25, 0.3) is 6.08 Å². The zero-order valence-corrected chi connectivity index (χ0v) is 11.7. The minimum atomic E-state index is -1.01. The molecule has 5 heteroatoms. The number of hydrogen-bond donors (Lipinski definition) is 2. The molecule has 0 aliphatic carbocycles. The summed E-state index contributed by atoms with van der Waals surface area (Å²) in [7, 11) is 0. The number of aromatic hydroxyl groups is 1. The van der Waals surface area contributed by atoms with Gasteiger partial charge in [0.1, 0.15) is 5.75 Å². The summed E-state index contributed by atoms with van der Waals surface area (Å²) in [5.74, 6) is -0.919. The highest BCUT2D eigenvalue weighted by atomic mass is 35.5. The Hall–Kier alpha value is -2.59. The summed E-state index contributed by atoms with van der Waals surface area (Å²) < 4.78 is 0. The Labute approximate surface area is 126 Å². The van der Waals surface area contributed by atoms with Crippen molar-refractivity contribution in [2.75, 3.05) is 0 Å². The first kappa shape index (κ1) is 14.8. The number of carbonyl (C=O) groups is 1. The number of aliphatic imine (C=N–C) groups is 1. The van der Waals surface area contributed by atoms with Crippen LogP contribution in [0.3, 0.4) is 0 Å². The van der Waals surface area contributed by atoms with Gasteiger partial charge in [-0.3, -0.25) is 4.99 Å².